The molecule has 0 radical (unpaired) electrons. The summed E-state index contributed by atoms with van der Waals surface area (Å²) in [6.45, 7) is 5.85. The molecule has 0 aliphatic carbocycles. The van der Waals surface area contributed by atoms with E-state index in [0.29, 0.717) is 10.6 Å². The first-order valence-electron chi connectivity index (χ1n) is 6.07. The second-order valence-electron chi connectivity index (χ2n) is 4.48. The van der Waals surface area contributed by atoms with Crippen LogP contribution in [0.1, 0.15) is 18.1 Å². The summed E-state index contributed by atoms with van der Waals surface area (Å²) in [7, 11) is 0. The molecule has 3 N–H and O–H groups in total. The van der Waals surface area contributed by atoms with Crippen molar-refractivity contribution in [2.24, 2.45) is 0 Å². The third-order valence-electron chi connectivity index (χ3n) is 2.86. The third-order valence-corrected chi connectivity index (χ3v) is 3.18. The summed E-state index contributed by atoms with van der Waals surface area (Å²) < 4.78 is 0. The van der Waals surface area contributed by atoms with Crippen LogP contribution in [-0.2, 0) is 0 Å². The maximum atomic E-state index is 9.81. The Kier molecular flexibility index (Phi) is 4.05. The normalized spacial score (nSPS) is 10.1. The van der Waals surface area contributed by atoms with Crippen LogP contribution >= 0.6 is 12.2 Å². The zero-order valence-electron chi connectivity index (χ0n) is 11.1. The lowest BCUT2D eigenvalue weighted by atomic mass is 10.1. The zero-order chi connectivity index (χ0) is 14.7. The molecule has 0 amide bonds. The summed E-state index contributed by atoms with van der Waals surface area (Å²) >= 11 is 5.30. The van der Waals surface area contributed by atoms with E-state index < -0.39 is 0 Å². The van der Waals surface area contributed by atoms with Gasteiger partial charge in [0.2, 0.25) is 0 Å². The average molecular weight is 285 g/mol. The molecule has 0 unspecified atom stereocenters. The molecular formula is C16H15NO2S. The summed E-state index contributed by atoms with van der Waals surface area (Å²) in [4.78, 5) is 0.385. The largest absolute Gasteiger partial charge is 0.508 e. The molecule has 0 spiro atoms. The fraction of sp³-hybridized carbons (Fsp3) is 0.0625. The highest BCUT2D eigenvalue weighted by Gasteiger charge is 2.10. The van der Waals surface area contributed by atoms with Crippen LogP contribution in [0.3, 0.4) is 0 Å². The lowest BCUT2D eigenvalue weighted by Crippen LogP contribution is -2.11. The van der Waals surface area contributed by atoms with Crippen molar-refractivity contribution < 1.29 is 10.2 Å². The summed E-state index contributed by atoms with van der Waals surface area (Å²) in [5.41, 5.74) is 3.19. The van der Waals surface area contributed by atoms with Crippen LogP contribution in [0.25, 0.3) is 5.57 Å². The maximum absolute atomic E-state index is 9.81. The predicted molar refractivity (Wildman–Crippen MR) is 86.2 cm³/mol. The Morgan fingerprint density at radius 3 is 2.45 bits per heavy atom. The van der Waals surface area contributed by atoms with Crippen molar-refractivity contribution in [3.63, 3.8) is 0 Å². The summed E-state index contributed by atoms with van der Waals surface area (Å²) in [6.07, 6.45) is 0. The van der Waals surface area contributed by atoms with Gasteiger partial charge in [-0.05, 0) is 30.7 Å². The van der Waals surface area contributed by atoms with Gasteiger partial charge in [0.1, 0.15) is 16.5 Å². The van der Waals surface area contributed by atoms with Crippen LogP contribution in [0.15, 0.2) is 49.0 Å². The van der Waals surface area contributed by atoms with Crippen LogP contribution in [0, 0.1) is 0 Å². The molecule has 0 atom stereocenters. The molecule has 102 valence electrons. The van der Waals surface area contributed by atoms with Crippen molar-refractivity contribution in [1.82, 2.24) is 0 Å². The number of allylic oxidation sites excluding steroid dienone is 1. The SMILES string of the molecule is C=C(C)c1ccccc1NC(=S)c1ccc(O)cc1O. The first-order valence-corrected chi connectivity index (χ1v) is 6.48. The average Bonchev–Trinajstić information content (AvgIpc) is 2.38. The molecule has 20 heavy (non-hydrogen) atoms. The number of thiocarbonyl (C=S) groups is 1. The van der Waals surface area contributed by atoms with Gasteiger partial charge in [0.15, 0.2) is 0 Å². The number of hydrogen-bond acceptors (Lipinski definition) is 3. The van der Waals surface area contributed by atoms with E-state index in [2.05, 4.69) is 11.9 Å². The number of benzene rings is 2. The highest BCUT2D eigenvalue weighted by molar-refractivity contribution is 7.81. The molecule has 0 aromatic heterocycles. The minimum atomic E-state index is -0.0599. The van der Waals surface area contributed by atoms with Crippen LogP contribution < -0.4 is 5.32 Å². The van der Waals surface area contributed by atoms with Gasteiger partial charge < -0.3 is 15.5 Å². The van der Waals surface area contributed by atoms with Gasteiger partial charge in [0, 0.05) is 17.3 Å². The van der Waals surface area contributed by atoms with Gasteiger partial charge in [-0.3, -0.25) is 0 Å². The minimum Gasteiger partial charge on any atom is -0.508 e. The van der Waals surface area contributed by atoms with Crippen LogP contribution in [-0.4, -0.2) is 15.2 Å². The molecule has 0 heterocycles. The lowest BCUT2D eigenvalue weighted by Gasteiger charge is -2.13. The van der Waals surface area contributed by atoms with Crippen molar-refractivity contribution in [2.75, 3.05) is 5.32 Å². The van der Waals surface area contributed by atoms with Gasteiger partial charge in [-0.25, -0.2) is 0 Å². The molecule has 0 bridgehead atoms. The fourth-order valence-electron chi connectivity index (χ4n) is 1.87. The Morgan fingerprint density at radius 2 is 1.80 bits per heavy atom. The molecule has 3 nitrogen and oxygen atoms in total. The quantitative estimate of drug-likeness (QED) is 0.748. The van der Waals surface area contributed by atoms with E-state index in [1.807, 2.05) is 31.2 Å². The van der Waals surface area contributed by atoms with Gasteiger partial charge >= 0.3 is 0 Å². The molecule has 0 fully saturated rings. The summed E-state index contributed by atoms with van der Waals surface area (Å²) in [5, 5.41) is 22.2. The number of para-hydroxylation sites is 1. The van der Waals surface area contributed by atoms with E-state index in [1.165, 1.54) is 12.1 Å². The van der Waals surface area contributed by atoms with E-state index >= 15 is 0 Å². The lowest BCUT2D eigenvalue weighted by molar-refractivity contribution is 0.450. The van der Waals surface area contributed by atoms with Gasteiger partial charge in [0.25, 0.3) is 0 Å². The van der Waals surface area contributed by atoms with Crippen LogP contribution in [0.2, 0.25) is 0 Å². The number of phenols is 2. The summed E-state index contributed by atoms with van der Waals surface area (Å²) in [6, 6.07) is 12.0. The number of rotatable bonds is 3. The smallest absolute Gasteiger partial charge is 0.129 e. The second kappa shape index (κ2) is 5.75. The van der Waals surface area contributed by atoms with E-state index in [0.717, 1.165) is 16.8 Å². The highest BCUT2D eigenvalue weighted by atomic mass is 32.1. The molecule has 0 aliphatic rings. The first-order chi connectivity index (χ1) is 9.49. The fourth-order valence-corrected chi connectivity index (χ4v) is 2.15. The monoisotopic (exact) mass is 285 g/mol. The number of hydrogen-bond donors (Lipinski definition) is 3. The van der Waals surface area contributed by atoms with E-state index in [-0.39, 0.29) is 11.5 Å². The van der Waals surface area contributed by atoms with Crippen molar-refractivity contribution in [3.8, 4) is 11.5 Å². The number of anilines is 1. The van der Waals surface area contributed by atoms with Crippen LogP contribution in [0.5, 0.6) is 11.5 Å². The molecule has 2 rings (SSSR count). The van der Waals surface area contributed by atoms with Crippen molar-refractivity contribution in [3.05, 3.63) is 60.2 Å². The Balaban J connectivity index is 2.30. The Labute approximate surface area is 123 Å². The Morgan fingerprint density at radius 1 is 1.10 bits per heavy atom. The van der Waals surface area contributed by atoms with Crippen molar-refractivity contribution in [1.29, 1.82) is 0 Å². The highest BCUT2D eigenvalue weighted by Crippen LogP contribution is 2.26. The number of nitrogens with one attached hydrogen (secondary N) is 1. The molecule has 4 heteroatoms. The van der Waals surface area contributed by atoms with Gasteiger partial charge in [-0.1, -0.05) is 37.0 Å². The van der Waals surface area contributed by atoms with Crippen molar-refractivity contribution >= 4 is 28.5 Å². The minimum absolute atomic E-state index is 0.00335. The maximum Gasteiger partial charge on any atom is 0.129 e. The third kappa shape index (κ3) is 2.97. The van der Waals surface area contributed by atoms with Gasteiger partial charge in [-0.2, -0.15) is 0 Å². The topological polar surface area (TPSA) is 52.5 Å². The Bertz CT molecular complexity index is 680. The van der Waals surface area contributed by atoms with Crippen molar-refractivity contribution in [2.45, 2.75) is 6.92 Å². The predicted octanol–water partition coefficient (Wildman–Crippen LogP) is 3.92. The molecule has 0 saturated carbocycles. The van der Waals surface area contributed by atoms with E-state index in [4.69, 9.17) is 12.2 Å². The first kappa shape index (κ1) is 14.1. The number of phenolic OH excluding ortho intramolecular Hbond substituents is 2. The van der Waals surface area contributed by atoms with E-state index in [1.54, 1.807) is 6.07 Å². The van der Waals surface area contributed by atoms with Gasteiger partial charge in [0.05, 0.1) is 5.56 Å². The molecule has 2 aromatic rings. The standard InChI is InChI=1S/C16H15NO2S/c1-10(2)12-5-3-4-6-14(12)17-16(20)13-8-7-11(18)9-15(13)19/h3-9,18-19H,1H2,2H3,(H,17,20). The second-order valence-corrected chi connectivity index (χ2v) is 4.89. The van der Waals surface area contributed by atoms with Gasteiger partial charge in [-0.15, -0.1) is 0 Å². The summed E-state index contributed by atoms with van der Waals surface area (Å²) in [5.74, 6) is -0.0632. The molecule has 0 aliphatic heterocycles. The number of aromatic hydroxyl groups is 2. The molecule has 0 saturated heterocycles. The molecule has 2 aromatic carbocycles. The van der Waals surface area contributed by atoms with E-state index in [9.17, 15) is 10.2 Å². The molecular weight excluding hydrogens is 270 g/mol. The zero-order valence-corrected chi connectivity index (χ0v) is 11.9. The van der Waals surface area contributed by atoms with Crippen LogP contribution in [0.4, 0.5) is 5.69 Å². The Hall–Kier alpha value is -2.33.